The Kier molecular flexibility index (Phi) is 4.19. The molecule has 0 aliphatic heterocycles. The molecule has 1 nitrogen and oxygen atoms in total. The maximum atomic E-state index is 3.77. The van der Waals surface area contributed by atoms with Crippen LogP contribution in [-0.4, -0.2) is 0 Å². The minimum Gasteiger partial charge on any atom is -0.305 e. The van der Waals surface area contributed by atoms with Gasteiger partial charge in [0.1, 0.15) is 0 Å². The lowest BCUT2D eigenvalue weighted by molar-refractivity contribution is 0.461. The molecule has 1 aliphatic rings. The second-order valence-electron chi connectivity index (χ2n) is 7.04. The molecule has 0 amide bonds. The van der Waals surface area contributed by atoms with Crippen LogP contribution in [0.4, 0.5) is 0 Å². The summed E-state index contributed by atoms with van der Waals surface area (Å²) in [6.45, 7) is 7.84. The Bertz CT molecular complexity index is 606. The highest BCUT2D eigenvalue weighted by Crippen LogP contribution is 2.32. The summed E-state index contributed by atoms with van der Waals surface area (Å²) in [5.74, 6) is 0. The normalized spacial score (nSPS) is 18.5. The van der Waals surface area contributed by atoms with Crippen LogP contribution in [0.2, 0.25) is 0 Å². The summed E-state index contributed by atoms with van der Waals surface area (Å²) < 4.78 is 0. The molecule has 0 bridgehead atoms. The molecule has 3 rings (SSSR count). The Morgan fingerprint density at radius 2 is 1.95 bits per heavy atom. The van der Waals surface area contributed by atoms with Crippen LogP contribution >= 0.6 is 11.3 Å². The summed E-state index contributed by atoms with van der Waals surface area (Å²) in [6.07, 6.45) is 3.79. The van der Waals surface area contributed by atoms with E-state index in [9.17, 15) is 0 Å². The van der Waals surface area contributed by atoms with Crippen molar-refractivity contribution in [2.24, 2.45) is 0 Å². The van der Waals surface area contributed by atoms with Gasteiger partial charge in [-0.2, -0.15) is 0 Å². The molecule has 0 radical (unpaired) electrons. The van der Waals surface area contributed by atoms with Gasteiger partial charge in [0, 0.05) is 22.3 Å². The van der Waals surface area contributed by atoms with Gasteiger partial charge in [-0.05, 0) is 47.9 Å². The van der Waals surface area contributed by atoms with Crippen molar-refractivity contribution >= 4 is 11.3 Å². The number of benzene rings is 1. The summed E-state index contributed by atoms with van der Waals surface area (Å²) >= 11 is 1.95. The highest BCUT2D eigenvalue weighted by molar-refractivity contribution is 7.12. The van der Waals surface area contributed by atoms with Gasteiger partial charge >= 0.3 is 0 Å². The molecule has 1 aromatic carbocycles. The smallest absolute Gasteiger partial charge is 0.0326 e. The predicted octanol–water partition coefficient (Wildman–Crippen LogP) is 5.21. The standard InChI is InChI=1S/C19H25NS/c1-19(2,3)18-12-11-15(21-18)13-20-17-10-6-8-14-7-4-5-9-16(14)17/h4-5,7,9,11-12,17,20H,6,8,10,13H2,1-3H3. The van der Waals surface area contributed by atoms with E-state index in [1.54, 1.807) is 0 Å². The summed E-state index contributed by atoms with van der Waals surface area (Å²) in [6, 6.07) is 14.0. The molecule has 0 saturated heterocycles. The van der Waals surface area contributed by atoms with Crippen LogP contribution in [0.5, 0.6) is 0 Å². The topological polar surface area (TPSA) is 12.0 Å². The van der Waals surface area contributed by atoms with Gasteiger partial charge in [0.05, 0.1) is 0 Å². The fraction of sp³-hybridized carbons (Fsp3) is 0.474. The van der Waals surface area contributed by atoms with Gasteiger partial charge in [-0.15, -0.1) is 11.3 Å². The molecular weight excluding hydrogens is 274 g/mol. The summed E-state index contributed by atoms with van der Waals surface area (Å²) in [5.41, 5.74) is 3.31. The van der Waals surface area contributed by atoms with Gasteiger partial charge in [0.2, 0.25) is 0 Å². The zero-order valence-corrected chi connectivity index (χ0v) is 14.1. The first-order chi connectivity index (χ1) is 10.0. The van der Waals surface area contributed by atoms with Gasteiger partial charge in [0.25, 0.3) is 0 Å². The third kappa shape index (κ3) is 3.38. The Labute approximate surface area is 132 Å². The second kappa shape index (κ2) is 5.94. The average molecular weight is 299 g/mol. The van der Waals surface area contributed by atoms with Crippen molar-refractivity contribution < 1.29 is 0 Å². The molecular formula is C19H25NS. The Morgan fingerprint density at radius 3 is 2.71 bits per heavy atom. The van der Waals surface area contributed by atoms with Gasteiger partial charge in [-0.3, -0.25) is 0 Å². The van der Waals surface area contributed by atoms with Crippen LogP contribution in [-0.2, 0) is 18.4 Å². The number of hydrogen-bond donors (Lipinski definition) is 1. The van der Waals surface area contributed by atoms with Crippen molar-refractivity contribution in [2.45, 2.75) is 58.0 Å². The first kappa shape index (κ1) is 14.8. The number of fused-ring (bicyclic) bond motifs is 1. The van der Waals surface area contributed by atoms with E-state index in [4.69, 9.17) is 0 Å². The molecule has 2 aromatic rings. The monoisotopic (exact) mass is 299 g/mol. The molecule has 1 aromatic heterocycles. The maximum Gasteiger partial charge on any atom is 0.0326 e. The van der Waals surface area contributed by atoms with E-state index in [2.05, 4.69) is 62.5 Å². The molecule has 1 unspecified atom stereocenters. The lowest BCUT2D eigenvalue weighted by Gasteiger charge is -2.26. The Hall–Kier alpha value is -1.12. The molecule has 0 spiro atoms. The first-order valence-corrected chi connectivity index (χ1v) is 8.76. The van der Waals surface area contributed by atoms with Crippen LogP contribution in [0.1, 0.15) is 60.5 Å². The summed E-state index contributed by atoms with van der Waals surface area (Å²) in [5, 5.41) is 3.77. The van der Waals surface area contributed by atoms with Crippen molar-refractivity contribution in [1.82, 2.24) is 5.32 Å². The third-order valence-electron chi connectivity index (χ3n) is 4.29. The minimum absolute atomic E-state index is 0.264. The molecule has 0 saturated carbocycles. The van der Waals surface area contributed by atoms with Crippen LogP contribution in [0.25, 0.3) is 0 Å². The van der Waals surface area contributed by atoms with E-state index in [0.29, 0.717) is 6.04 Å². The average Bonchev–Trinajstić information content (AvgIpc) is 2.94. The van der Waals surface area contributed by atoms with Crippen molar-refractivity contribution in [3.05, 3.63) is 57.3 Å². The lowest BCUT2D eigenvalue weighted by Crippen LogP contribution is -2.24. The zero-order valence-electron chi connectivity index (χ0n) is 13.3. The quantitative estimate of drug-likeness (QED) is 0.820. The third-order valence-corrected chi connectivity index (χ3v) is 5.80. The van der Waals surface area contributed by atoms with Gasteiger partial charge < -0.3 is 5.32 Å². The molecule has 2 heteroatoms. The van der Waals surface area contributed by atoms with Crippen LogP contribution in [0.15, 0.2) is 36.4 Å². The minimum atomic E-state index is 0.264. The fourth-order valence-corrected chi connectivity index (χ4v) is 4.08. The first-order valence-electron chi connectivity index (χ1n) is 7.94. The van der Waals surface area contributed by atoms with Crippen molar-refractivity contribution in [3.63, 3.8) is 0 Å². The predicted molar refractivity (Wildman–Crippen MR) is 92.0 cm³/mol. The van der Waals surface area contributed by atoms with E-state index >= 15 is 0 Å². The molecule has 112 valence electrons. The van der Waals surface area contributed by atoms with E-state index < -0.39 is 0 Å². The molecule has 0 fully saturated rings. The summed E-state index contributed by atoms with van der Waals surface area (Å²) in [7, 11) is 0. The Morgan fingerprint density at radius 1 is 1.14 bits per heavy atom. The molecule has 1 heterocycles. The highest BCUT2D eigenvalue weighted by atomic mass is 32.1. The molecule has 1 N–H and O–H groups in total. The van der Waals surface area contributed by atoms with E-state index in [1.807, 2.05) is 11.3 Å². The van der Waals surface area contributed by atoms with E-state index in [-0.39, 0.29) is 5.41 Å². The Balaban J connectivity index is 1.68. The van der Waals surface area contributed by atoms with E-state index in [0.717, 1.165) is 6.54 Å². The highest BCUT2D eigenvalue weighted by Gasteiger charge is 2.20. The van der Waals surface area contributed by atoms with Crippen LogP contribution in [0.3, 0.4) is 0 Å². The molecule has 21 heavy (non-hydrogen) atoms. The van der Waals surface area contributed by atoms with Gasteiger partial charge in [-0.25, -0.2) is 0 Å². The maximum absolute atomic E-state index is 3.77. The van der Waals surface area contributed by atoms with Crippen molar-refractivity contribution in [1.29, 1.82) is 0 Å². The molecule has 1 atom stereocenters. The number of hydrogen-bond acceptors (Lipinski definition) is 2. The number of aryl methyl sites for hydroxylation is 1. The van der Waals surface area contributed by atoms with Gasteiger partial charge in [-0.1, -0.05) is 45.0 Å². The zero-order chi connectivity index (χ0) is 14.9. The fourth-order valence-electron chi connectivity index (χ4n) is 3.07. The number of rotatable bonds is 3. The van der Waals surface area contributed by atoms with Crippen LogP contribution < -0.4 is 5.32 Å². The van der Waals surface area contributed by atoms with Gasteiger partial charge in [0.15, 0.2) is 0 Å². The second-order valence-corrected chi connectivity index (χ2v) is 8.21. The van der Waals surface area contributed by atoms with Crippen molar-refractivity contribution in [2.75, 3.05) is 0 Å². The number of nitrogens with one attached hydrogen (secondary N) is 1. The lowest BCUT2D eigenvalue weighted by atomic mass is 9.88. The van der Waals surface area contributed by atoms with Crippen LogP contribution in [0, 0.1) is 0 Å². The number of thiophene rings is 1. The summed E-state index contributed by atoms with van der Waals surface area (Å²) in [4.78, 5) is 2.92. The largest absolute Gasteiger partial charge is 0.305 e. The molecule has 1 aliphatic carbocycles. The van der Waals surface area contributed by atoms with Crippen molar-refractivity contribution in [3.8, 4) is 0 Å². The SMILES string of the molecule is CC(C)(C)c1ccc(CNC2CCCc3ccccc32)s1. The van der Waals surface area contributed by atoms with E-state index in [1.165, 1.54) is 40.1 Å².